The van der Waals surface area contributed by atoms with Crippen LogP contribution in [0.4, 0.5) is 22.0 Å². The minimum Gasteiger partial charge on any atom is -0.481 e. The molecule has 1 aromatic rings. The Labute approximate surface area is 104 Å². The number of halogens is 5. The first-order valence-corrected chi connectivity index (χ1v) is 4.96. The molecule has 106 valence electrons. The molecule has 0 saturated heterocycles. The van der Waals surface area contributed by atoms with Crippen molar-refractivity contribution >= 4 is 5.97 Å². The Kier molecular flexibility index (Phi) is 4.40. The predicted octanol–water partition coefficient (Wildman–Crippen LogP) is 2.12. The van der Waals surface area contributed by atoms with Crippen LogP contribution in [0.2, 0.25) is 0 Å². The quantitative estimate of drug-likeness (QED) is 0.830. The molecule has 19 heavy (non-hydrogen) atoms. The third-order valence-electron chi connectivity index (χ3n) is 2.33. The summed E-state index contributed by atoms with van der Waals surface area (Å²) in [5.74, 6) is -1.53. The number of alkyl halides is 5. The zero-order valence-electron chi connectivity index (χ0n) is 9.34. The van der Waals surface area contributed by atoms with E-state index in [4.69, 9.17) is 10.8 Å². The molecular formula is C10H9F5N2O2. The number of pyridine rings is 1. The molecule has 1 heterocycles. The minimum absolute atomic E-state index is 0.498. The highest BCUT2D eigenvalue weighted by molar-refractivity contribution is 5.71. The fourth-order valence-corrected chi connectivity index (χ4v) is 1.66. The van der Waals surface area contributed by atoms with Crippen LogP contribution >= 0.6 is 0 Å². The van der Waals surface area contributed by atoms with E-state index >= 15 is 0 Å². The van der Waals surface area contributed by atoms with E-state index in [1.54, 1.807) is 0 Å². The van der Waals surface area contributed by atoms with E-state index in [0.717, 1.165) is 0 Å². The van der Waals surface area contributed by atoms with Gasteiger partial charge in [-0.25, -0.2) is 8.78 Å². The average molecular weight is 284 g/mol. The van der Waals surface area contributed by atoms with E-state index in [1.807, 2.05) is 0 Å². The summed E-state index contributed by atoms with van der Waals surface area (Å²) in [5, 5.41) is 8.52. The van der Waals surface area contributed by atoms with Crippen LogP contribution in [0.3, 0.4) is 0 Å². The van der Waals surface area contributed by atoms with Crippen LogP contribution in [0.25, 0.3) is 0 Å². The molecule has 0 spiro atoms. The van der Waals surface area contributed by atoms with E-state index in [1.165, 1.54) is 0 Å². The number of aromatic nitrogens is 1. The zero-order chi connectivity index (χ0) is 14.8. The number of nitrogens with zero attached hydrogens (tertiary/aromatic N) is 1. The molecule has 1 rings (SSSR count). The first-order valence-electron chi connectivity index (χ1n) is 4.96. The van der Waals surface area contributed by atoms with Gasteiger partial charge in [0.1, 0.15) is 5.69 Å². The van der Waals surface area contributed by atoms with E-state index in [-0.39, 0.29) is 0 Å². The molecule has 0 aromatic carbocycles. The first kappa shape index (κ1) is 15.3. The molecule has 3 N–H and O–H groups in total. The fourth-order valence-electron chi connectivity index (χ4n) is 1.66. The van der Waals surface area contributed by atoms with Crippen molar-refractivity contribution in [2.45, 2.75) is 25.6 Å². The number of carboxylic acids is 1. The molecule has 4 nitrogen and oxygen atoms in total. The third kappa shape index (κ3) is 3.37. The van der Waals surface area contributed by atoms with Gasteiger partial charge in [-0.2, -0.15) is 13.2 Å². The Morgan fingerprint density at radius 3 is 2.37 bits per heavy atom. The number of rotatable bonds is 4. The highest BCUT2D eigenvalue weighted by Gasteiger charge is 2.38. The lowest BCUT2D eigenvalue weighted by Crippen LogP contribution is -2.20. The van der Waals surface area contributed by atoms with Gasteiger partial charge in [0.2, 0.25) is 0 Å². The second kappa shape index (κ2) is 5.47. The summed E-state index contributed by atoms with van der Waals surface area (Å²) in [6.45, 7) is -0.811. The summed E-state index contributed by atoms with van der Waals surface area (Å²) in [4.78, 5) is 13.7. The second-order valence-corrected chi connectivity index (χ2v) is 3.60. The molecule has 0 aliphatic carbocycles. The van der Waals surface area contributed by atoms with E-state index in [0.29, 0.717) is 6.20 Å². The summed E-state index contributed by atoms with van der Waals surface area (Å²) in [6.07, 6.45) is -8.68. The van der Waals surface area contributed by atoms with Gasteiger partial charge in [-0.15, -0.1) is 0 Å². The molecule has 0 bridgehead atoms. The van der Waals surface area contributed by atoms with Crippen molar-refractivity contribution in [3.05, 3.63) is 28.6 Å². The zero-order valence-corrected chi connectivity index (χ0v) is 9.34. The molecule has 0 unspecified atom stereocenters. The lowest BCUT2D eigenvalue weighted by Gasteiger charge is -2.18. The van der Waals surface area contributed by atoms with Gasteiger partial charge in [0, 0.05) is 18.3 Å². The Morgan fingerprint density at radius 1 is 1.42 bits per heavy atom. The highest BCUT2D eigenvalue weighted by Crippen LogP contribution is 2.37. The van der Waals surface area contributed by atoms with Crippen LogP contribution in [0, 0.1) is 0 Å². The molecule has 0 saturated carbocycles. The van der Waals surface area contributed by atoms with Crippen LogP contribution in [-0.2, 0) is 23.9 Å². The van der Waals surface area contributed by atoms with Crippen molar-refractivity contribution in [3.63, 3.8) is 0 Å². The van der Waals surface area contributed by atoms with Crippen molar-refractivity contribution in [2.75, 3.05) is 0 Å². The Balaban J connectivity index is 3.55. The van der Waals surface area contributed by atoms with Crippen LogP contribution in [0.5, 0.6) is 0 Å². The Morgan fingerprint density at radius 2 is 2.00 bits per heavy atom. The van der Waals surface area contributed by atoms with Gasteiger partial charge in [-0.05, 0) is 5.56 Å². The monoisotopic (exact) mass is 284 g/mol. The van der Waals surface area contributed by atoms with Crippen molar-refractivity contribution in [2.24, 2.45) is 5.73 Å². The van der Waals surface area contributed by atoms with Crippen molar-refractivity contribution in [3.8, 4) is 0 Å². The average Bonchev–Trinajstić information content (AvgIpc) is 2.25. The second-order valence-electron chi connectivity index (χ2n) is 3.60. The first-order chi connectivity index (χ1) is 8.68. The maximum atomic E-state index is 12.9. The molecule has 9 heteroatoms. The van der Waals surface area contributed by atoms with Crippen LogP contribution in [-0.4, -0.2) is 16.1 Å². The van der Waals surface area contributed by atoms with E-state index in [2.05, 4.69) is 4.98 Å². The van der Waals surface area contributed by atoms with Gasteiger partial charge in [0.15, 0.2) is 0 Å². The molecule has 0 atom stereocenters. The van der Waals surface area contributed by atoms with Crippen molar-refractivity contribution in [1.29, 1.82) is 0 Å². The summed E-state index contributed by atoms with van der Waals surface area (Å²) in [6, 6.07) is 0. The van der Waals surface area contributed by atoms with Gasteiger partial charge in [0.05, 0.1) is 12.0 Å². The molecule has 1 aromatic heterocycles. The smallest absolute Gasteiger partial charge is 0.417 e. The Hall–Kier alpha value is -1.77. The SMILES string of the molecule is NCc1c(C(F)F)ncc(CC(=O)O)c1C(F)(F)F. The number of nitrogens with two attached hydrogens (primary N) is 1. The Bertz CT molecular complexity index is 488. The highest BCUT2D eigenvalue weighted by atomic mass is 19.4. The maximum Gasteiger partial charge on any atom is 0.417 e. The van der Waals surface area contributed by atoms with Gasteiger partial charge >= 0.3 is 12.1 Å². The van der Waals surface area contributed by atoms with Gasteiger partial charge in [-0.1, -0.05) is 0 Å². The van der Waals surface area contributed by atoms with Crippen LogP contribution in [0.1, 0.15) is 28.8 Å². The lowest BCUT2D eigenvalue weighted by molar-refractivity contribution is -0.140. The molecule has 0 fully saturated rings. The standard InChI is InChI=1S/C10H9F5N2O2/c11-9(12)8-5(2-16)7(10(13,14)15)4(3-17-8)1-6(18)19/h3,9H,1-2,16H2,(H,18,19). The van der Waals surface area contributed by atoms with E-state index < -0.39 is 53.9 Å². The van der Waals surface area contributed by atoms with E-state index in [9.17, 15) is 26.7 Å². The van der Waals surface area contributed by atoms with Gasteiger partial charge in [-0.3, -0.25) is 9.78 Å². The minimum atomic E-state index is -4.98. The lowest BCUT2D eigenvalue weighted by atomic mass is 9.98. The molecule has 0 radical (unpaired) electrons. The topological polar surface area (TPSA) is 76.2 Å². The summed E-state index contributed by atoms with van der Waals surface area (Å²) < 4.78 is 63.8. The van der Waals surface area contributed by atoms with Gasteiger partial charge in [0.25, 0.3) is 6.43 Å². The number of carbonyl (C=O) groups is 1. The van der Waals surface area contributed by atoms with Crippen LogP contribution in [0.15, 0.2) is 6.20 Å². The maximum absolute atomic E-state index is 12.9. The fraction of sp³-hybridized carbons (Fsp3) is 0.400. The number of hydrogen-bond donors (Lipinski definition) is 2. The van der Waals surface area contributed by atoms with Crippen molar-refractivity contribution < 1.29 is 31.9 Å². The molecule has 0 aliphatic rings. The van der Waals surface area contributed by atoms with Crippen LogP contribution < -0.4 is 5.73 Å². The third-order valence-corrected chi connectivity index (χ3v) is 2.33. The molecule has 0 aliphatic heterocycles. The summed E-state index contributed by atoms with van der Waals surface area (Å²) in [5.41, 5.74) is 0.979. The largest absolute Gasteiger partial charge is 0.481 e. The normalized spacial score (nSPS) is 11.9. The van der Waals surface area contributed by atoms with Crippen molar-refractivity contribution in [1.82, 2.24) is 4.98 Å². The van der Waals surface area contributed by atoms with Gasteiger partial charge < -0.3 is 10.8 Å². The molecule has 0 amide bonds. The summed E-state index contributed by atoms with van der Waals surface area (Å²) in [7, 11) is 0. The molecular weight excluding hydrogens is 275 g/mol. The predicted molar refractivity (Wildman–Crippen MR) is 53.4 cm³/mol. The number of carboxylic acid groups (broad SMARTS) is 1. The number of aliphatic carboxylic acids is 1. The number of hydrogen-bond acceptors (Lipinski definition) is 3. The summed E-state index contributed by atoms with van der Waals surface area (Å²) >= 11 is 0.